The van der Waals surface area contributed by atoms with Crippen LogP contribution in [0.15, 0.2) is 73.1 Å². The molecular formula is C24H26FN3O. The Balaban J connectivity index is 1.44. The first-order valence-electron chi connectivity index (χ1n) is 10.1. The summed E-state index contributed by atoms with van der Waals surface area (Å²) in [6.45, 7) is 4.58. The van der Waals surface area contributed by atoms with Gasteiger partial charge in [0.05, 0.1) is 18.2 Å². The molecule has 4 rings (SSSR count). The molecule has 150 valence electrons. The fraction of sp³-hybridized carbons (Fsp3) is 0.292. The van der Waals surface area contributed by atoms with Crippen molar-refractivity contribution in [2.75, 3.05) is 31.1 Å². The van der Waals surface area contributed by atoms with Crippen LogP contribution in [0.1, 0.15) is 23.6 Å². The minimum absolute atomic E-state index is 0.0259. The van der Waals surface area contributed by atoms with E-state index in [0.29, 0.717) is 38.3 Å². The Morgan fingerprint density at radius 2 is 1.69 bits per heavy atom. The summed E-state index contributed by atoms with van der Waals surface area (Å²) in [5.74, 6) is -0.0715. The molecule has 1 aromatic heterocycles. The van der Waals surface area contributed by atoms with E-state index in [-0.39, 0.29) is 17.8 Å². The van der Waals surface area contributed by atoms with Crippen LogP contribution < -0.4 is 4.90 Å². The Morgan fingerprint density at radius 1 is 0.966 bits per heavy atom. The van der Waals surface area contributed by atoms with Crippen molar-refractivity contribution in [3.05, 3.63) is 90.0 Å². The van der Waals surface area contributed by atoms with E-state index in [9.17, 15) is 9.18 Å². The molecule has 1 atom stereocenters. The van der Waals surface area contributed by atoms with Gasteiger partial charge in [-0.3, -0.25) is 4.79 Å². The summed E-state index contributed by atoms with van der Waals surface area (Å²) >= 11 is 0. The minimum atomic E-state index is -0.209. The van der Waals surface area contributed by atoms with E-state index in [1.807, 2.05) is 46.5 Å². The number of hydrogen-bond donors (Lipinski definition) is 0. The summed E-state index contributed by atoms with van der Waals surface area (Å²) in [5, 5.41) is 0. The lowest BCUT2D eigenvalue weighted by Crippen LogP contribution is -2.49. The van der Waals surface area contributed by atoms with Crippen molar-refractivity contribution in [3.63, 3.8) is 0 Å². The van der Waals surface area contributed by atoms with E-state index < -0.39 is 0 Å². The van der Waals surface area contributed by atoms with E-state index >= 15 is 0 Å². The number of anilines is 1. The van der Waals surface area contributed by atoms with Gasteiger partial charge in [-0.2, -0.15) is 0 Å². The molecule has 0 unspecified atom stereocenters. The maximum absolute atomic E-state index is 14.1. The molecule has 0 spiro atoms. The second-order valence-electron chi connectivity index (χ2n) is 7.58. The van der Waals surface area contributed by atoms with E-state index in [1.54, 1.807) is 12.1 Å². The standard InChI is InChI=1S/C24H26FN3O/c1-19-7-6-8-20(17-19)23(26-11-4-5-12-26)18-24(29)28-15-13-27(14-16-28)22-10-3-2-9-21(22)25/h2-12,17,23H,13-16,18H2,1H3/t23-/m0/s1. The topological polar surface area (TPSA) is 28.5 Å². The number of amides is 1. The number of aromatic nitrogens is 1. The first kappa shape index (κ1) is 19.2. The number of para-hydroxylation sites is 1. The fourth-order valence-corrected chi connectivity index (χ4v) is 4.03. The molecule has 0 aliphatic carbocycles. The van der Waals surface area contributed by atoms with Crippen LogP contribution in [0.4, 0.5) is 10.1 Å². The van der Waals surface area contributed by atoms with Crippen LogP contribution in [0.2, 0.25) is 0 Å². The number of halogens is 1. The fourth-order valence-electron chi connectivity index (χ4n) is 4.03. The lowest BCUT2D eigenvalue weighted by atomic mass is 10.0. The largest absolute Gasteiger partial charge is 0.366 e. The van der Waals surface area contributed by atoms with Gasteiger partial charge >= 0.3 is 0 Å². The Bertz CT molecular complexity index is 962. The van der Waals surface area contributed by atoms with Gasteiger partial charge in [0.2, 0.25) is 5.91 Å². The van der Waals surface area contributed by atoms with Crippen LogP contribution in [-0.4, -0.2) is 41.6 Å². The van der Waals surface area contributed by atoms with Crippen molar-refractivity contribution in [1.29, 1.82) is 0 Å². The number of nitrogens with zero attached hydrogens (tertiary/aromatic N) is 3. The molecule has 1 aliphatic heterocycles. The normalized spacial score (nSPS) is 15.4. The van der Waals surface area contributed by atoms with Crippen LogP contribution in [-0.2, 0) is 4.79 Å². The maximum Gasteiger partial charge on any atom is 0.225 e. The number of aryl methyl sites for hydroxylation is 1. The summed E-state index contributed by atoms with van der Waals surface area (Å²) in [5.41, 5.74) is 2.94. The molecule has 29 heavy (non-hydrogen) atoms. The van der Waals surface area contributed by atoms with Crippen LogP contribution in [0.5, 0.6) is 0 Å². The molecule has 0 N–H and O–H groups in total. The van der Waals surface area contributed by atoms with Gasteiger partial charge in [-0.15, -0.1) is 0 Å². The average Bonchev–Trinajstić information content (AvgIpc) is 3.27. The third kappa shape index (κ3) is 4.34. The molecule has 4 nitrogen and oxygen atoms in total. The molecule has 0 bridgehead atoms. The van der Waals surface area contributed by atoms with Crippen LogP contribution >= 0.6 is 0 Å². The molecule has 1 fully saturated rings. The van der Waals surface area contributed by atoms with Crippen molar-refractivity contribution in [3.8, 4) is 0 Å². The number of piperazine rings is 1. The summed E-state index contributed by atoms with van der Waals surface area (Å²) in [7, 11) is 0. The predicted molar refractivity (Wildman–Crippen MR) is 114 cm³/mol. The van der Waals surface area contributed by atoms with Crippen LogP contribution in [0.3, 0.4) is 0 Å². The van der Waals surface area contributed by atoms with Gasteiger partial charge in [0.1, 0.15) is 5.82 Å². The second kappa shape index (κ2) is 8.52. The zero-order valence-electron chi connectivity index (χ0n) is 16.7. The van der Waals surface area contributed by atoms with E-state index in [0.717, 1.165) is 5.56 Å². The Hall–Kier alpha value is -3.08. The predicted octanol–water partition coefficient (Wildman–Crippen LogP) is 4.26. The minimum Gasteiger partial charge on any atom is -0.366 e. The molecule has 1 saturated heterocycles. The first-order chi connectivity index (χ1) is 14.1. The summed E-state index contributed by atoms with van der Waals surface area (Å²) in [6.07, 6.45) is 4.44. The van der Waals surface area contributed by atoms with Crippen molar-refractivity contribution in [2.45, 2.75) is 19.4 Å². The maximum atomic E-state index is 14.1. The third-order valence-corrected chi connectivity index (χ3v) is 5.61. The monoisotopic (exact) mass is 391 g/mol. The molecule has 2 aromatic carbocycles. The van der Waals surface area contributed by atoms with E-state index in [4.69, 9.17) is 0 Å². The average molecular weight is 391 g/mol. The van der Waals surface area contributed by atoms with Crippen molar-refractivity contribution in [2.24, 2.45) is 0 Å². The number of carbonyl (C=O) groups excluding carboxylic acids is 1. The van der Waals surface area contributed by atoms with Gasteiger partial charge < -0.3 is 14.4 Å². The highest BCUT2D eigenvalue weighted by Crippen LogP contribution is 2.25. The zero-order chi connectivity index (χ0) is 20.2. The molecule has 0 saturated carbocycles. The molecule has 3 aromatic rings. The molecule has 1 aliphatic rings. The molecule has 1 amide bonds. The highest BCUT2D eigenvalue weighted by atomic mass is 19.1. The second-order valence-corrected chi connectivity index (χ2v) is 7.58. The van der Waals surface area contributed by atoms with E-state index in [2.05, 4.69) is 29.7 Å². The van der Waals surface area contributed by atoms with Gasteiger partial charge in [-0.05, 0) is 36.8 Å². The van der Waals surface area contributed by atoms with Gasteiger partial charge in [-0.25, -0.2) is 4.39 Å². The number of benzene rings is 2. The van der Waals surface area contributed by atoms with Crippen LogP contribution in [0.25, 0.3) is 0 Å². The van der Waals surface area contributed by atoms with Gasteiger partial charge in [-0.1, -0.05) is 42.0 Å². The van der Waals surface area contributed by atoms with Crippen molar-refractivity contribution < 1.29 is 9.18 Å². The first-order valence-corrected chi connectivity index (χ1v) is 10.1. The molecule has 0 radical (unpaired) electrons. The number of hydrogen-bond acceptors (Lipinski definition) is 2. The van der Waals surface area contributed by atoms with Crippen LogP contribution in [0, 0.1) is 12.7 Å². The quantitative estimate of drug-likeness (QED) is 0.650. The summed E-state index contributed by atoms with van der Waals surface area (Å²) in [4.78, 5) is 17.0. The number of carbonyl (C=O) groups is 1. The highest BCUT2D eigenvalue weighted by molar-refractivity contribution is 5.77. The Labute approximate surface area is 171 Å². The zero-order valence-corrected chi connectivity index (χ0v) is 16.7. The summed E-state index contributed by atoms with van der Waals surface area (Å²) in [6, 6.07) is 19.1. The van der Waals surface area contributed by atoms with Gasteiger partial charge in [0.15, 0.2) is 0 Å². The lowest BCUT2D eigenvalue weighted by molar-refractivity contribution is -0.132. The molecule has 2 heterocycles. The van der Waals surface area contributed by atoms with Crippen molar-refractivity contribution >= 4 is 11.6 Å². The SMILES string of the molecule is Cc1cccc([C@H](CC(=O)N2CCN(c3ccccc3F)CC2)n2cccc2)c1. The Morgan fingerprint density at radius 3 is 2.38 bits per heavy atom. The van der Waals surface area contributed by atoms with Gasteiger partial charge in [0.25, 0.3) is 0 Å². The van der Waals surface area contributed by atoms with Crippen molar-refractivity contribution in [1.82, 2.24) is 9.47 Å². The third-order valence-electron chi connectivity index (χ3n) is 5.61. The molecular weight excluding hydrogens is 365 g/mol. The van der Waals surface area contributed by atoms with Gasteiger partial charge in [0, 0.05) is 38.6 Å². The number of rotatable bonds is 5. The lowest BCUT2D eigenvalue weighted by Gasteiger charge is -2.37. The Kier molecular flexibility index (Phi) is 5.65. The highest BCUT2D eigenvalue weighted by Gasteiger charge is 2.26. The van der Waals surface area contributed by atoms with E-state index in [1.165, 1.54) is 11.6 Å². The smallest absolute Gasteiger partial charge is 0.225 e. The molecule has 5 heteroatoms. The summed E-state index contributed by atoms with van der Waals surface area (Å²) < 4.78 is 16.2.